The molecule has 6 nitrogen and oxygen atoms in total. The second-order valence-electron chi connectivity index (χ2n) is 8.45. The van der Waals surface area contributed by atoms with Gasteiger partial charge in [0.05, 0.1) is 6.61 Å². The highest BCUT2D eigenvalue weighted by molar-refractivity contribution is 5.77. The summed E-state index contributed by atoms with van der Waals surface area (Å²) in [7, 11) is 0. The molecular weight excluding hydrogens is 346 g/mol. The Bertz CT molecular complexity index is 699. The molecule has 4 saturated carbocycles. The Morgan fingerprint density at radius 1 is 1.27 bits per heavy atom. The maximum absolute atomic E-state index is 13.1. The van der Waals surface area contributed by atoms with E-state index in [-0.39, 0.29) is 12.0 Å². The molecule has 4 bridgehead atoms. The van der Waals surface area contributed by atoms with Gasteiger partial charge in [-0.3, -0.25) is 0 Å². The minimum absolute atomic E-state index is 0.0351. The van der Waals surface area contributed by atoms with Crippen LogP contribution in [0.25, 0.3) is 0 Å². The van der Waals surface area contributed by atoms with Crippen molar-refractivity contribution in [2.75, 3.05) is 6.61 Å². The Kier molecular flexibility index (Phi) is 3.86. The molecule has 0 N–H and O–H groups in total. The SMILES string of the molecule is CC(F)(F)C(=O)OCC12CC3CC(C1)CC(OC(=O)n1ccnc1)(C3)C2. The molecule has 4 aliphatic carbocycles. The van der Waals surface area contributed by atoms with Gasteiger partial charge in [-0.2, -0.15) is 8.78 Å². The van der Waals surface area contributed by atoms with Crippen LogP contribution in [0.4, 0.5) is 13.6 Å². The van der Waals surface area contributed by atoms with Crippen LogP contribution in [0.2, 0.25) is 0 Å². The fraction of sp³-hybridized carbons (Fsp3) is 0.722. The highest BCUT2D eigenvalue weighted by atomic mass is 19.3. The second kappa shape index (κ2) is 5.76. The topological polar surface area (TPSA) is 70.4 Å². The number of alkyl halides is 2. The van der Waals surface area contributed by atoms with Crippen LogP contribution < -0.4 is 0 Å². The van der Waals surface area contributed by atoms with Crippen molar-refractivity contribution >= 4 is 12.1 Å². The number of aromatic nitrogens is 2. The van der Waals surface area contributed by atoms with Crippen LogP contribution in [0, 0.1) is 17.3 Å². The number of halogens is 2. The van der Waals surface area contributed by atoms with Crippen LogP contribution in [0.5, 0.6) is 0 Å². The third-order valence-electron chi connectivity index (χ3n) is 6.02. The van der Waals surface area contributed by atoms with Gasteiger partial charge in [0.25, 0.3) is 0 Å². The predicted octanol–water partition coefficient (Wildman–Crippen LogP) is 3.41. The van der Waals surface area contributed by atoms with Crippen LogP contribution in [-0.2, 0) is 14.3 Å². The third kappa shape index (κ3) is 3.10. The number of carbonyl (C=O) groups is 2. The maximum Gasteiger partial charge on any atom is 0.419 e. The predicted molar refractivity (Wildman–Crippen MR) is 85.5 cm³/mol. The molecule has 2 unspecified atom stereocenters. The van der Waals surface area contributed by atoms with Crippen LogP contribution >= 0.6 is 0 Å². The Labute approximate surface area is 149 Å². The molecule has 0 spiro atoms. The van der Waals surface area contributed by atoms with Crippen molar-refractivity contribution in [2.24, 2.45) is 17.3 Å². The number of esters is 1. The molecule has 26 heavy (non-hydrogen) atoms. The summed E-state index contributed by atoms with van der Waals surface area (Å²) >= 11 is 0. The first kappa shape index (κ1) is 17.4. The molecule has 1 heterocycles. The number of hydrogen-bond acceptors (Lipinski definition) is 5. The third-order valence-corrected chi connectivity index (χ3v) is 6.02. The Hall–Kier alpha value is -1.99. The Balaban J connectivity index is 1.50. The van der Waals surface area contributed by atoms with Crippen molar-refractivity contribution in [3.05, 3.63) is 18.7 Å². The minimum Gasteiger partial charge on any atom is -0.461 e. The van der Waals surface area contributed by atoms with Gasteiger partial charge >= 0.3 is 18.0 Å². The van der Waals surface area contributed by atoms with Gasteiger partial charge in [-0.25, -0.2) is 19.1 Å². The van der Waals surface area contributed by atoms with E-state index in [1.165, 1.54) is 23.3 Å². The average molecular weight is 368 g/mol. The van der Waals surface area contributed by atoms with E-state index in [9.17, 15) is 18.4 Å². The van der Waals surface area contributed by atoms with E-state index in [2.05, 4.69) is 4.98 Å². The van der Waals surface area contributed by atoms with Gasteiger partial charge in [0, 0.05) is 24.7 Å². The molecule has 0 amide bonds. The molecular formula is C18H22F2N2O4. The quantitative estimate of drug-likeness (QED) is 0.762. The molecule has 0 radical (unpaired) electrons. The largest absolute Gasteiger partial charge is 0.461 e. The van der Waals surface area contributed by atoms with Crippen LogP contribution in [0.1, 0.15) is 45.4 Å². The summed E-state index contributed by atoms with van der Waals surface area (Å²) in [6.45, 7) is 0.510. The summed E-state index contributed by atoms with van der Waals surface area (Å²) in [4.78, 5) is 27.8. The number of rotatable bonds is 4. The first-order valence-corrected chi connectivity index (χ1v) is 8.95. The number of hydrogen-bond donors (Lipinski definition) is 0. The average Bonchev–Trinajstić information content (AvgIpc) is 3.04. The van der Waals surface area contributed by atoms with Crippen molar-refractivity contribution in [1.29, 1.82) is 0 Å². The highest BCUT2D eigenvalue weighted by Gasteiger charge is 2.60. The summed E-state index contributed by atoms with van der Waals surface area (Å²) in [6, 6.07) is 0. The van der Waals surface area contributed by atoms with Gasteiger partial charge in [0.1, 0.15) is 11.9 Å². The lowest BCUT2D eigenvalue weighted by atomic mass is 9.48. The van der Waals surface area contributed by atoms with Gasteiger partial charge in [-0.1, -0.05) is 0 Å². The molecule has 0 aromatic carbocycles. The molecule has 142 valence electrons. The molecule has 0 saturated heterocycles. The van der Waals surface area contributed by atoms with Crippen LogP contribution in [0.15, 0.2) is 18.7 Å². The summed E-state index contributed by atoms with van der Waals surface area (Å²) in [5.74, 6) is -4.24. The summed E-state index contributed by atoms with van der Waals surface area (Å²) < 4.78 is 38.4. The lowest BCUT2D eigenvalue weighted by molar-refractivity contribution is -0.197. The van der Waals surface area contributed by atoms with E-state index >= 15 is 0 Å². The van der Waals surface area contributed by atoms with Crippen LogP contribution in [0.3, 0.4) is 0 Å². The maximum atomic E-state index is 13.1. The van der Waals surface area contributed by atoms with E-state index in [1.807, 2.05) is 0 Å². The fourth-order valence-electron chi connectivity index (χ4n) is 5.60. The molecule has 5 rings (SSSR count). The van der Waals surface area contributed by atoms with E-state index in [0.29, 0.717) is 25.2 Å². The summed E-state index contributed by atoms with van der Waals surface area (Å²) in [6.07, 6.45) is 8.79. The molecule has 1 aromatic rings. The standard InChI is InChI=1S/C18H22F2N2O4/c1-16(19,20)14(23)25-10-17-5-12-4-13(6-17)8-18(7-12,9-17)26-15(24)22-3-2-21-11-22/h2-3,11-13H,4-10H2,1H3. The zero-order chi connectivity index (χ0) is 18.6. The minimum atomic E-state index is -3.49. The van der Waals surface area contributed by atoms with E-state index in [1.54, 1.807) is 0 Å². The molecule has 2 atom stereocenters. The zero-order valence-corrected chi connectivity index (χ0v) is 14.6. The smallest absolute Gasteiger partial charge is 0.419 e. The summed E-state index contributed by atoms with van der Waals surface area (Å²) in [5.41, 5.74) is -0.979. The lowest BCUT2D eigenvalue weighted by Crippen LogP contribution is -2.59. The van der Waals surface area contributed by atoms with Crippen molar-refractivity contribution < 1.29 is 27.8 Å². The lowest BCUT2D eigenvalue weighted by Gasteiger charge is -2.60. The normalized spacial score (nSPS) is 35.3. The van der Waals surface area contributed by atoms with E-state index < -0.39 is 23.6 Å². The van der Waals surface area contributed by atoms with Crippen molar-refractivity contribution in [3.8, 4) is 0 Å². The van der Waals surface area contributed by atoms with Crippen molar-refractivity contribution in [2.45, 2.75) is 57.0 Å². The van der Waals surface area contributed by atoms with Crippen molar-refractivity contribution in [1.82, 2.24) is 9.55 Å². The number of imidazole rings is 1. The highest BCUT2D eigenvalue weighted by Crippen LogP contribution is 2.63. The van der Waals surface area contributed by atoms with Gasteiger partial charge in [0.2, 0.25) is 0 Å². The first-order chi connectivity index (χ1) is 12.2. The van der Waals surface area contributed by atoms with Crippen LogP contribution in [-0.4, -0.2) is 39.7 Å². The zero-order valence-electron chi connectivity index (χ0n) is 14.6. The summed E-state index contributed by atoms with van der Waals surface area (Å²) in [5, 5.41) is 0. The molecule has 1 aromatic heterocycles. The number of nitrogens with zero attached hydrogens (tertiary/aromatic N) is 2. The van der Waals surface area contributed by atoms with Crippen molar-refractivity contribution in [3.63, 3.8) is 0 Å². The molecule has 8 heteroatoms. The van der Waals surface area contributed by atoms with Gasteiger partial charge in [0.15, 0.2) is 0 Å². The molecule has 4 fully saturated rings. The fourth-order valence-corrected chi connectivity index (χ4v) is 5.60. The monoisotopic (exact) mass is 368 g/mol. The molecule has 0 aliphatic heterocycles. The molecule has 4 aliphatic rings. The van der Waals surface area contributed by atoms with Gasteiger partial charge in [-0.05, 0) is 50.4 Å². The van der Waals surface area contributed by atoms with Gasteiger partial charge in [-0.15, -0.1) is 0 Å². The second-order valence-corrected chi connectivity index (χ2v) is 8.45. The Morgan fingerprint density at radius 3 is 2.54 bits per heavy atom. The number of ether oxygens (including phenoxy) is 2. The van der Waals surface area contributed by atoms with E-state index in [0.717, 1.165) is 32.1 Å². The van der Waals surface area contributed by atoms with Gasteiger partial charge < -0.3 is 9.47 Å². The first-order valence-electron chi connectivity index (χ1n) is 8.95. The Morgan fingerprint density at radius 2 is 1.96 bits per heavy atom. The number of carbonyl (C=O) groups excluding carboxylic acids is 2. The van der Waals surface area contributed by atoms with E-state index in [4.69, 9.17) is 9.47 Å².